The van der Waals surface area contributed by atoms with E-state index >= 15 is 0 Å². The second-order valence-corrected chi connectivity index (χ2v) is 4.62. The van der Waals surface area contributed by atoms with Crippen LogP contribution in [0.3, 0.4) is 0 Å². The molecule has 0 radical (unpaired) electrons. The molecule has 0 atom stereocenters. The zero-order valence-electron chi connectivity index (χ0n) is 9.86. The second kappa shape index (κ2) is 3.85. The molecule has 0 bridgehead atoms. The Morgan fingerprint density at radius 1 is 0.941 bits per heavy atom. The number of carbonyl (C=O) groups is 1. The standard InChI is InChI=1S/C16H14O/c1-11-9-14(12-5-3-2-4-6-12)10-13-7-8-15(17)16(11)13/h2-6,9-10H,7-8H2,1H3. The third-order valence-corrected chi connectivity index (χ3v) is 3.42. The maximum absolute atomic E-state index is 11.7. The smallest absolute Gasteiger partial charge is 0.163 e. The third-order valence-electron chi connectivity index (χ3n) is 3.42. The lowest BCUT2D eigenvalue weighted by Crippen LogP contribution is -1.96. The van der Waals surface area contributed by atoms with Crippen LogP contribution in [0.15, 0.2) is 42.5 Å². The fourth-order valence-electron chi connectivity index (χ4n) is 2.63. The summed E-state index contributed by atoms with van der Waals surface area (Å²) in [7, 11) is 0. The molecule has 1 nitrogen and oxygen atoms in total. The van der Waals surface area contributed by atoms with Crippen LogP contribution >= 0.6 is 0 Å². The lowest BCUT2D eigenvalue weighted by atomic mass is 9.96. The van der Waals surface area contributed by atoms with Crippen molar-refractivity contribution in [2.45, 2.75) is 19.8 Å². The molecule has 2 aromatic rings. The van der Waals surface area contributed by atoms with Gasteiger partial charge in [0.15, 0.2) is 5.78 Å². The van der Waals surface area contributed by atoms with Crippen LogP contribution in [0.25, 0.3) is 11.1 Å². The minimum Gasteiger partial charge on any atom is -0.294 e. The lowest BCUT2D eigenvalue weighted by Gasteiger charge is -2.08. The van der Waals surface area contributed by atoms with Crippen LogP contribution in [0.5, 0.6) is 0 Å². The number of aryl methyl sites for hydroxylation is 2. The molecule has 2 aromatic carbocycles. The zero-order valence-corrected chi connectivity index (χ0v) is 9.86. The number of ketones is 1. The molecule has 0 N–H and O–H groups in total. The summed E-state index contributed by atoms with van der Waals surface area (Å²) in [5.74, 6) is 0.303. The number of fused-ring (bicyclic) bond motifs is 1. The summed E-state index contributed by atoms with van der Waals surface area (Å²) in [6, 6.07) is 14.6. The molecule has 0 saturated heterocycles. The number of Topliss-reactive ketones (excluding diaryl/α,β-unsaturated/α-hetero) is 1. The summed E-state index contributed by atoms with van der Waals surface area (Å²) in [6.07, 6.45) is 1.57. The first-order chi connectivity index (χ1) is 8.25. The molecular weight excluding hydrogens is 208 g/mol. The topological polar surface area (TPSA) is 17.1 Å². The number of benzene rings is 2. The third kappa shape index (κ3) is 1.68. The SMILES string of the molecule is Cc1cc(-c2ccccc2)cc2c1C(=O)CC2. The van der Waals surface area contributed by atoms with Gasteiger partial charge in [-0.2, -0.15) is 0 Å². The predicted octanol–water partition coefficient (Wildman–Crippen LogP) is 3.79. The van der Waals surface area contributed by atoms with Gasteiger partial charge in [-0.3, -0.25) is 4.79 Å². The van der Waals surface area contributed by atoms with Gasteiger partial charge in [-0.1, -0.05) is 42.5 Å². The molecule has 84 valence electrons. The number of rotatable bonds is 1. The van der Waals surface area contributed by atoms with Gasteiger partial charge in [0.1, 0.15) is 0 Å². The highest BCUT2D eigenvalue weighted by Crippen LogP contribution is 2.30. The molecule has 0 aliphatic heterocycles. The van der Waals surface area contributed by atoms with Gasteiger partial charge in [0.05, 0.1) is 0 Å². The van der Waals surface area contributed by atoms with Crippen molar-refractivity contribution in [1.29, 1.82) is 0 Å². The molecule has 1 aliphatic rings. The van der Waals surface area contributed by atoms with Crippen molar-refractivity contribution in [1.82, 2.24) is 0 Å². The Morgan fingerprint density at radius 3 is 2.47 bits per heavy atom. The van der Waals surface area contributed by atoms with E-state index < -0.39 is 0 Å². The van der Waals surface area contributed by atoms with E-state index in [1.807, 2.05) is 25.1 Å². The summed E-state index contributed by atoms with van der Waals surface area (Å²) in [5.41, 5.74) is 5.73. The van der Waals surface area contributed by atoms with Crippen molar-refractivity contribution in [3.8, 4) is 11.1 Å². The van der Waals surface area contributed by atoms with Crippen LogP contribution in [0, 0.1) is 6.92 Å². The summed E-state index contributed by atoms with van der Waals surface area (Å²) in [5, 5.41) is 0. The Bertz CT molecular complexity index is 582. The van der Waals surface area contributed by atoms with E-state index in [-0.39, 0.29) is 0 Å². The van der Waals surface area contributed by atoms with Crippen LogP contribution < -0.4 is 0 Å². The average Bonchev–Trinajstić information content (AvgIpc) is 2.73. The van der Waals surface area contributed by atoms with Gasteiger partial charge >= 0.3 is 0 Å². The van der Waals surface area contributed by atoms with Gasteiger partial charge in [0, 0.05) is 12.0 Å². The van der Waals surface area contributed by atoms with E-state index in [0.29, 0.717) is 12.2 Å². The molecule has 0 saturated carbocycles. The minimum absolute atomic E-state index is 0.303. The van der Waals surface area contributed by atoms with E-state index in [1.165, 1.54) is 16.7 Å². The molecule has 0 aromatic heterocycles. The van der Waals surface area contributed by atoms with E-state index in [2.05, 4.69) is 24.3 Å². The average molecular weight is 222 g/mol. The highest BCUT2D eigenvalue weighted by Gasteiger charge is 2.22. The maximum atomic E-state index is 11.7. The van der Waals surface area contributed by atoms with Gasteiger partial charge < -0.3 is 0 Å². The molecular formula is C16H14O. The maximum Gasteiger partial charge on any atom is 0.163 e. The highest BCUT2D eigenvalue weighted by atomic mass is 16.1. The molecule has 1 heteroatoms. The van der Waals surface area contributed by atoms with Crippen LogP contribution in [0.2, 0.25) is 0 Å². The van der Waals surface area contributed by atoms with Crippen molar-refractivity contribution in [3.05, 3.63) is 59.2 Å². The van der Waals surface area contributed by atoms with Crippen molar-refractivity contribution >= 4 is 5.78 Å². The molecule has 1 aliphatic carbocycles. The first kappa shape index (κ1) is 10.3. The minimum atomic E-state index is 0.303. The van der Waals surface area contributed by atoms with E-state index in [9.17, 15) is 4.79 Å². The molecule has 0 amide bonds. The van der Waals surface area contributed by atoms with E-state index in [4.69, 9.17) is 0 Å². The van der Waals surface area contributed by atoms with Crippen molar-refractivity contribution < 1.29 is 4.79 Å². The van der Waals surface area contributed by atoms with Crippen LogP contribution in [0.4, 0.5) is 0 Å². The Kier molecular flexibility index (Phi) is 2.32. The molecule has 17 heavy (non-hydrogen) atoms. The van der Waals surface area contributed by atoms with Gasteiger partial charge in [-0.05, 0) is 35.6 Å². The van der Waals surface area contributed by atoms with Gasteiger partial charge in [-0.15, -0.1) is 0 Å². The zero-order chi connectivity index (χ0) is 11.8. The van der Waals surface area contributed by atoms with Crippen LogP contribution in [-0.4, -0.2) is 5.78 Å². The molecule has 0 spiro atoms. The Labute approximate surface area is 101 Å². The Balaban J connectivity index is 2.16. The first-order valence-electron chi connectivity index (χ1n) is 5.98. The molecule has 0 fully saturated rings. The van der Waals surface area contributed by atoms with E-state index in [1.54, 1.807) is 0 Å². The summed E-state index contributed by atoms with van der Waals surface area (Å²) < 4.78 is 0. The number of carbonyl (C=O) groups excluding carboxylic acids is 1. The Morgan fingerprint density at radius 2 is 1.71 bits per heavy atom. The molecule has 3 rings (SSSR count). The highest BCUT2D eigenvalue weighted by molar-refractivity contribution is 6.02. The van der Waals surface area contributed by atoms with Crippen molar-refractivity contribution in [3.63, 3.8) is 0 Å². The van der Waals surface area contributed by atoms with Gasteiger partial charge in [0.25, 0.3) is 0 Å². The fraction of sp³-hybridized carbons (Fsp3) is 0.188. The number of hydrogen-bond acceptors (Lipinski definition) is 1. The number of hydrogen-bond donors (Lipinski definition) is 0. The van der Waals surface area contributed by atoms with E-state index in [0.717, 1.165) is 17.5 Å². The van der Waals surface area contributed by atoms with Crippen LogP contribution in [-0.2, 0) is 6.42 Å². The van der Waals surface area contributed by atoms with Crippen LogP contribution in [0.1, 0.15) is 27.9 Å². The summed E-state index contributed by atoms with van der Waals surface area (Å²) >= 11 is 0. The van der Waals surface area contributed by atoms with Gasteiger partial charge in [-0.25, -0.2) is 0 Å². The monoisotopic (exact) mass is 222 g/mol. The lowest BCUT2D eigenvalue weighted by molar-refractivity contribution is 0.0994. The predicted molar refractivity (Wildman–Crippen MR) is 69.3 cm³/mol. The van der Waals surface area contributed by atoms with Crippen molar-refractivity contribution in [2.24, 2.45) is 0 Å². The summed E-state index contributed by atoms with van der Waals surface area (Å²) in [6.45, 7) is 2.04. The first-order valence-corrected chi connectivity index (χ1v) is 5.98. The van der Waals surface area contributed by atoms with Crippen molar-refractivity contribution in [2.75, 3.05) is 0 Å². The normalized spacial score (nSPS) is 13.8. The molecule has 0 unspecified atom stereocenters. The fourth-order valence-corrected chi connectivity index (χ4v) is 2.63. The Hall–Kier alpha value is -1.89. The second-order valence-electron chi connectivity index (χ2n) is 4.62. The quantitative estimate of drug-likeness (QED) is 0.717. The summed E-state index contributed by atoms with van der Waals surface area (Å²) in [4.78, 5) is 11.7. The van der Waals surface area contributed by atoms with Gasteiger partial charge in [0.2, 0.25) is 0 Å². The largest absolute Gasteiger partial charge is 0.294 e. The molecule has 0 heterocycles.